The summed E-state index contributed by atoms with van der Waals surface area (Å²) in [4.78, 5) is 2.14. The second kappa shape index (κ2) is 1.47. The Morgan fingerprint density at radius 1 is 1.44 bits per heavy atom. The number of hydrogen-bond acceptors (Lipinski definition) is 2. The molecule has 0 saturated carbocycles. The predicted molar refractivity (Wildman–Crippen MR) is 32.7 cm³/mol. The molecule has 2 nitrogen and oxygen atoms in total. The second-order valence-electron chi connectivity index (χ2n) is 3.23. The van der Waals surface area contributed by atoms with E-state index in [4.69, 9.17) is 0 Å². The normalized spacial score (nSPS) is 34.0. The van der Waals surface area contributed by atoms with Gasteiger partial charge in [0.25, 0.3) is 0 Å². The van der Waals surface area contributed by atoms with E-state index in [1.807, 2.05) is 7.05 Å². The van der Waals surface area contributed by atoms with Crippen molar-refractivity contribution in [3.8, 4) is 0 Å². The quantitative estimate of drug-likeness (QED) is 0.434. The average molecular weight is 130 g/mol. The summed E-state index contributed by atoms with van der Waals surface area (Å²) in [6.07, 6.45) is 1.05. The van der Waals surface area contributed by atoms with Crippen molar-refractivity contribution in [2.24, 2.45) is 0 Å². The van der Waals surface area contributed by atoms with Crippen LogP contribution in [0.25, 0.3) is 0 Å². The molecule has 0 aromatic rings. The molecule has 2 heterocycles. The monoisotopic (exact) mass is 130 g/mol. The Labute approximate surface area is 54.2 Å². The van der Waals surface area contributed by atoms with E-state index >= 15 is 0 Å². The molecule has 9 heavy (non-hydrogen) atoms. The van der Waals surface area contributed by atoms with Gasteiger partial charge < -0.3 is 4.90 Å². The minimum atomic E-state index is -0.0330. The third-order valence-electron chi connectivity index (χ3n) is 2.42. The highest BCUT2D eigenvalue weighted by Gasteiger charge is 2.53. The summed E-state index contributed by atoms with van der Waals surface area (Å²) < 4.78 is 12.6. The van der Waals surface area contributed by atoms with Gasteiger partial charge in [0.2, 0.25) is 0 Å². The lowest BCUT2D eigenvalue weighted by Gasteiger charge is -2.57. The molecule has 0 N–H and O–H groups in total. The van der Waals surface area contributed by atoms with Crippen molar-refractivity contribution >= 4 is 0 Å². The van der Waals surface area contributed by atoms with Gasteiger partial charge in [0.1, 0.15) is 0 Å². The molecule has 0 aromatic carbocycles. The second-order valence-corrected chi connectivity index (χ2v) is 3.23. The van der Waals surface area contributed by atoms with Crippen molar-refractivity contribution in [2.45, 2.75) is 12.0 Å². The molecule has 0 amide bonds. The Morgan fingerprint density at radius 3 is 2.22 bits per heavy atom. The van der Waals surface area contributed by atoms with E-state index in [-0.39, 0.29) is 5.54 Å². The number of halogens is 1. The summed E-state index contributed by atoms with van der Waals surface area (Å²) in [7, 11) is 2.03. The number of nitrogens with zero attached hydrogens (tertiary/aromatic N) is 2. The number of likely N-dealkylation sites (N-methyl/N-ethyl adjacent to an activating group) is 1. The van der Waals surface area contributed by atoms with Crippen LogP contribution in [0.1, 0.15) is 6.42 Å². The van der Waals surface area contributed by atoms with Gasteiger partial charge in [0.15, 0.2) is 0 Å². The highest BCUT2D eigenvalue weighted by Crippen LogP contribution is 2.38. The molecule has 52 valence electrons. The third kappa shape index (κ3) is 0.563. The van der Waals surface area contributed by atoms with Gasteiger partial charge in [-0.2, -0.15) is 0 Å². The highest BCUT2D eigenvalue weighted by molar-refractivity contribution is 5.06. The van der Waals surface area contributed by atoms with E-state index in [0.29, 0.717) is 6.54 Å². The van der Waals surface area contributed by atoms with Crippen molar-refractivity contribution < 1.29 is 4.48 Å². The minimum absolute atomic E-state index is 0.0330. The molecular formula is C6H11FN2. The first kappa shape index (κ1) is 5.62. The summed E-state index contributed by atoms with van der Waals surface area (Å²) in [6, 6.07) is 0. The van der Waals surface area contributed by atoms with Crippen LogP contribution in [0.5, 0.6) is 0 Å². The summed E-state index contributed by atoms with van der Waals surface area (Å²) in [5, 5.41) is 0.979. The SMILES string of the molecule is CN1CC2(CCN2F)C1. The molecule has 0 bridgehead atoms. The maximum absolute atomic E-state index is 12.6. The first-order valence-electron chi connectivity index (χ1n) is 3.35. The van der Waals surface area contributed by atoms with E-state index < -0.39 is 0 Å². The van der Waals surface area contributed by atoms with Crippen molar-refractivity contribution in [1.82, 2.24) is 10.0 Å². The van der Waals surface area contributed by atoms with Crippen LogP contribution in [0, 0.1) is 0 Å². The van der Waals surface area contributed by atoms with Gasteiger partial charge in [-0.25, -0.2) is 0 Å². The van der Waals surface area contributed by atoms with Crippen LogP contribution in [0.3, 0.4) is 0 Å². The molecule has 0 radical (unpaired) electrons. The highest BCUT2D eigenvalue weighted by atomic mass is 19.2. The molecule has 2 aliphatic heterocycles. The molecular weight excluding hydrogens is 119 g/mol. The van der Waals surface area contributed by atoms with Crippen molar-refractivity contribution in [3.63, 3.8) is 0 Å². The van der Waals surface area contributed by atoms with Gasteiger partial charge in [0, 0.05) is 19.6 Å². The average Bonchev–Trinajstić information content (AvgIpc) is 1.77. The van der Waals surface area contributed by atoms with E-state index in [9.17, 15) is 4.48 Å². The van der Waals surface area contributed by atoms with Crippen molar-refractivity contribution in [2.75, 3.05) is 26.7 Å². The fourth-order valence-electron chi connectivity index (χ4n) is 1.78. The van der Waals surface area contributed by atoms with E-state index in [2.05, 4.69) is 4.90 Å². The number of rotatable bonds is 0. The number of likely N-dealkylation sites (tertiary alicyclic amines) is 1. The topological polar surface area (TPSA) is 6.48 Å². The Hall–Kier alpha value is -0.150. The Morgan fingerprint density at radius 2 is 2.11 bits per heavy atom. The zero-order valence-corrected chi connectivity index (χ0v) is 5.60. The van der Waals surface area contributed by atoms with Gasteiger partial charge in [0.05, 0.1) is 5.54 Å². The Balaban J connectivity index is 1.97. The van der Waals surface area contributed by atoms with E-state index in [0.717, 1.165) is 24.6 Å². The molecule has 0 atom stereocenters. The molecule has 2 rings (SSSR count). The molecule has 2 fully saturated rings. The molecule has 1 spiro atoms. The van der Waals surface area contributed by atoms with Crippen LogP contribution in [-0.2, 0) is 0 Å². The van der Waals surface area contributed by atoms with Gasteiger partial charge >= 0.3 is 0 Å². The van der Waals surface area contributed by atoms with E-state index in [1.54, 1.807) is 0 Å². The minimum Gasteiger partial charge on any atom is -0.302 e. The van der Waals surface area contributed by atoms with Crippen LogP contribution in [-0.4, -0.2) is 42.2 Å². The molecule has 3 heteroatoms. The van der Waals surface area contributed by atoms with Gasteiger partial charge in [-0.1, -0.05) is 0 Å². The standard InChI is InChI=1S/C6H11FN2/c1-8-4-6(5-8)2-3-9(6)7/h2-5H2,1H3. The number of hydrogen-bond donors (Lipinski definition) is 0. The smallest absolute Gasteiger partial charge is 0.0778 e. The Bertz CT molecular complexity index is 131. The fraction of sp³-hybridized carbons (Fsp3) is 1.00. The van der Waals surface area contributed by atoms with Gasteiger partial charge in [-0.15, -0.1) is 9.60 Å². The fourth-order valence-corrected chi connectivity index (χ4v) is 1.78. The third-order valence-corrected chi connectivity index (χ3v) is 2.42. The largest absolute Gasteiger partial charge is 0.302 e. The van der Waals surface area contributed by atoms with Crippen molar-refractivity contribution in [3.05, 3.63) is 0 Å². The lowest BCUT2D eigenvalue weighted by Crippen LogP contribution is -2.73. The van der Waals surface area contributed by atoms with Crippen LogP contribution < -0.4 is 0 Å². The molecule has 2 aliphatic rings. The Kier molecular flexibility index (Phi) is 0.916. The lowest BCUT2D eigenvalue weighted by atomic mass is 9.80. The lowest BCUT2D eigenvalue weighted by molar-refractivity contribution is -0.215. The molecule has 0 aromatic heterocycles. The maximum Gasteiger partial charge on any atom is 0.0778 e. The summed E-state index contributed by atoms with van der Waals surface area (Å²) in [5.74, 6) is 0. The van der Waals surface area contributed by atoms with Crippen LogP contribution in [0.2, 0.25) is 0 Å². The first-order chi connectivity index (χ1) is 4.23. The maximum atomic E-state index is 12.6. The van der Waals surface area contributed by atoms with Crippen LogP contribution in [0.4, 0.5) is 4.48 Å². The zero-order chi connectivity index (χ0) is 6.48. The zero-order valence-electron chi connectivity index (χ0n) is 5.60. The first-order valence-corrected chi connectivity index (χ1v) is 3.35. The van der Waals surface area contributed by atoms with Crippen molar-refractivity contribution in [1.29, 1.82) is 0 Å². The van der Waals surface area contributed by atoms with E-state index in [1.165, 1.54) is 0 Å². The van der Waals surface area contributed by atoms with Crippen LogP contribution in [0.15, 0.2) is 0 Å². The predicted octanol–water partition coefficient (Wildman–Crippen LogP) is 0.261. The summed E-state index contributed by atoms with van der Waals surface area (Å²) >= 11 is 0. The molecule has 0 unspecified atom stereocenters. The molecule has 2 saturated heterocycles. The summed E-state index contributed by atoms with van der Waals surface area (Å²) in [6.45, 7) is 2.49. The van der Waals surface area contributed by atoms with Gasteiger partial charge in [-0.05, 0) is 13.5 Å². The van der Waals surface area contributed by atoms with Crippen LogP contribution >= 0.6 is 0 Å². The molecule has 0 aliphatic carbocycles. The summed E-state index contributed by atoms with van der Waals surface area (Å²) in [5.41, 5.74) is -0.0330. The van der Waals surface area contributed by atoms with Gasteiger partial charge in [-0.3, -0.25) is 0 Å².